The Hall–Kier alpha value is -2.11. The molecule has 1 aromatic heterocycles. The molecule has 0 bridgehead atoms. The summed E-state index contributed by atoms with van der Waals surface area (Å²) in [7, 11) is 0. The monoisotopic (exact) mass is 192 g/mol. The molecular formula is C8H8N4O2. The molecule has 2 heterocycles. The molecule has 0 saturated carbocycles. The van der Waals surface area contributed by atoms with E-state index in [-0.39, 0.29) is 11.4 Å². The van der Waals surface area contributed by atoms with E-state index in [1.54, 1.807) is 18.5 Å². The molecule has 1 aromatic rings. The average molecular weight is 192 g/mol. The highest BCUT2D eigenvalue weighted by Crippen LogP contribution is 1.99. The smallest absolute Gasteiger partial charge is 0.310 e. The van der Waals surface area contributed by atoms with Crippen molar-refractivity contribution in [1.82, 2.24) is 15.3 Å². The number of nitrogens with zero attached hydrogens (tertiary/aromatic N) is 2. The third-order valence-electron chi connectivity index (χ3n) is 1.54. The minimum absolute atomic E-state index is 0.00236. The molecule has 2 N–H and O–H groups in total. The van der Waals surface area contributed by atoms with Crippen LogP contribution in [-0.4, -0.2) is 22.5 Å². The van der Waals surface area contributed by atoms with Crippen molar-refractivity contribution in [1.29, 1.82) is 0 Å². The number of aliphatic imine (C=N–C) groups is 1. The van der Waals surface area contributed by atoms with Crippen molar-refractivity contribution in [3.8, 4) is 5.88 Å². The third-order valence-corrected chi connectivity index (χ3v) is 1.54. The second-order valence-corrected chi connectivity index (χ2v) is 2.52. The zero-order chi connectivity index (χ0) is 9.80. The summed E-state index contributed by atoms with van der Waals surface area (Å²) in [5, 5.41) is 2.80. The number of H-pyrrole nitrogens is 1. The summed E-state index contributed by atoms with van der Waals surface area (Å²) in [6.45, 7) is 0. The van der Waals surface area contributed by atoms with Gasteiger partial charge in [0.05, 0.1) is 0 Å². The Bertz CT molecular complexity index is 423. The van der Waals surface area contributed by atoms with Crippen LogP contribution in [0.5, 0.6) is 5.88 Å². The summed E-state index contributed by atoms with van der Waals surface area (Å²) in [5.74, 6) is -0.00236. The third kappa shape index (κ3) is 1.79. The molecule has 0 saturated heterocycles. The fourth-order valence-electron chi connectivity index (χ4n) is 0.944. The molecule has 1 unspecified atom stereocenters. The number of rotatable bonds is 2. The van der Waals surface area contributed by atoms with Crippen molar-refractivity contribution in [3.63, 3.8) is 0 Å². The molecule has 0 aromatic carbocycles. The van der Waals surface area contributed by atoms with Crippen LogP contribution in [0.4, 0.5) is 0 Å². The number of hydrogen-bond acceptors (Lipinski definition) is 5. The standard InChI is InChI=1S/C8H8N4O2/c13-6-7(10-5-4-9-6)14-8-11-2-1-3-12-8/h1-5,8,11H,(H,9,13). The number of aromatic nitrogens is 2. The van der Waals surface area contributed by atoms with Crippen LogP contribution in [0.25, 0.3) is 0 Å². The topological polar surface area (TPSA) is 79.4 Å². The molecule has 72 valence electrons. The fraction of sp³-hybridized carbons (Fsp3) is 0.125. The first-order chi connectivity index (χ1) is 6.86. The van der Waals surface area contributed by atoms with Gasteiger partial charge in [0.2, 0.25) is 0 Å². The van der Waals surface area contributed by atoms with E-state index in [0.29, 0.717) is 0 Å². The van der Waals surface area contributed by atoms with E-state index in [0.717, 1.165) is 0 Å². The highest BCUT2D eigenvalue weighted by molar-refractivity contribution is 5.71. The predicted octanol–water partition coefficient (Wildman–Crippen LogP) is -0.380. The lowest BCUT2D eigenvalue weighted by molar-refractivity contribution is 0.179. The number of nitrogens with one attached hydrogen (secondary N) is 2. The Balaban J connectivity index is 2.11. The van der Waals surface area contributed by atoms with E-state index >= 15 is 0 Å². The van der Waals surface area contributed by atoms with Crippen molar-refractivity contribution in [3.05, 3.63) is 35.0 Å². The first-order valence-corrected chi connectivity index (χ1v) is 4.01. The molecule has 0 radical (unpaired) electrons. The Morgan fingerprint density at radius 2 is 2.43 bits per heavy atom. The van der Waals surface area contributed by atoms with Gasteiger partial charge in [0.25, 0.3) is 12.2 Å². The van der Waals surface area contributed by atoms with E-state index in [2.05, 4.69) is 20.3 Å². The van der Waals surface area contributed by atoms with Crippen molar-refractivity contribution in [2.75, 3.05) is 0 Å². The van der Waals surface area contributed by atoms with E-state index in [4.69, 9.17) is 4.74 Å². The SMILES string of the molecule is O=c1[nH]ccnc1OC1N=CC=CN1. The molecule has 6 nitrogen and oxygen atoms in total. The molecule has 14 heavy (non-hydrogen) atoms. The van der Waals surface area contributed by atoms with Gasteiger partial charge in [-0.2, -0.15) is 0 Å². The maximum atomic E-state index is 11.2. The summed E-state index contributed by atoms with van der Waals surface area (Å²) in [6, 6.07) is 0. The summed E-state index contributed by atoms with van der Waals surface area (Å²) in [4.78, 5) is 21.3. The Kier molecular flexibility index (Phi) is 2.26. The molecule has 1 aliphatic rings. The van der Waals surface area contributed by atoms with Crippen LogP contribution in [0.1, 0.15) is 0 Å². The highest BCUT2D eigenvalue weighted by Gasteiger charge is 2.09. The fourth-order valence-corrected chi connectivity index (χ4v) is 0.944. The van der Waals surface area contributed by atoms with E-state index in [1.807, 2.05) is 0 Å². The van der Waals surface area contributed by atoms with Gasteiger partial charge in [-0.05, 0) is 6.08 Å². The van der Waals surface area contributed by atoms with E-state index in [1.165, 1.54) is 12.4 Å². The average Bonchev–Trinajstić information content (AvgIpc) is 2.23. The summed E-state index contributed by atoms with van der Waals surface area (Å²) in [5.41, 5.74) is -0.376. The van der Waals surface area contributed by atoms with Gasteiger partial charge in [0, 0.05) is 24.8 Å². The lowest BCUT2D eigenvalue weighted by Crippen LogP contribution is -2.32. The molecule has 1 aliphatic heterocycles. The molecule has 0 spiro atoms. The van der Waals surface area contributed by atoms with E-state index in [9.17, 15) is 4.79 Å². The normalized spacial score (nSPS) is 19.0. The predicted molar refractivity (Wildman–Crippen MR) is 50.0 cm³/mol. The van der Waals surface area contributed by atoms with Crippen LogP contribution in [0.2, 0.25) is 0 Å². The van der Waals surface area contributed by atoms with Gasteiger partial charge in [0.15, 0.2) is 0 Å². The van der Waals surface area contributed by atoms with Gasteiger partial charge < -0.3 is 15.0 Å². The van der Waals surface area contributed by atoms with Crippen LogP contribution in [0.15, 0.2) is 34.5 Å². The van der Waals surface area contributed by atoms with Crippen LogP contribution in [-0.2, 0) is 0 Å². The summed E-state index contributed by atoms with van der Waals surface area (Å²) in [6.07, 6.45) is 7.28. The number of ether oxygens (including phenoxy) is 1. The minimum atomic E-state index is -0.587. The van der Waals surface area contributed by atoms with Gasteiger partial charge in [-0.25, -0.2) is 9.98 Å². The molecule has 0 fully saturated rings. The molecule has 0 amide bonds. The van der Waals surface area contributed by atoms with Crippen molar-refractivity contribution >= 4 is 6.21 Å². The molecule has 1 atom stereocenters. The first kappa shape index (κ1) is 8.49. The maximum absolute atomic E-state index is 11.2. The van der Waals surface area contributed by atoms with Gasteiger partial charge in [-0.15, -0.1) is 0 Å². The Morgan fingerprint density at radius 1 is 1.50 bits per heavy atom. The second-order valence-electron chi connectivity index (χ2n) is 2.52. The summed E-state index contributed by atoms with van der Waals surface area (Å²) < 4.78 is 5.17. The zero-order valence-electron chi connectivity index (χ0n) is 7.18. The molecule has 2 rings (SSSR count). The summed E-state index contributed by atoms with van der Waals surface area (Å²) >= 11 is 0. The molecular weight excluding hydrogens is 184 g/mol. The quantitative estimate of drug-likeness (QED) is 0.669. The van der Waals surface area contributed by atoms with E-state index < -0.39 is 6.35 Å². The van der Waals surface area contributed by atoms with Crippen LogP contribution in [0.3, 0.4) is 0 Å². The second kappa shape index (κ2) is 3.73. The zero-order valence-corrected chi connectivity index (χ0v) is 7.18. The number of hydrogen-bond donors (Lipinski definition) is 2. The maximum Gasteiger partial charge on any atom is 0.310 e. The van der Waals surface area contributed by atoms with Gasteiger partial charge >= 0.3 is 5.56 Å². The first-order valence-electron chi connectivity index (χ1n) is 4.01. The largest absolute Gasteiger partial charge is 0.429 e. The minimum Gasteiger partial charge on any atom is -0.429 e. The van der Waals surface area contributed by atoms with Crippen LogP contribution in [0, 0.1) is 0 Å². The highest BCUT2D eigenvalue weighted by atomic mass is 16.5. The number of aromatic amines is 1. The lowest BCUT2D eigenvalue weighted by atomic mass is 10.6. The molecule has 6 heteroatoms. The van der Waals surface area contributed by atoms with Crippen LogP contribution < -0.4 is 15.6 Å². The van der Waals surface area contributed by atoms with Gasteiger partial charge in [0.1, 0.15) is 0 Å². The van der Waals surface area contributed by atoms with Gasteiger partial charge in [-0.3, -0.25) is 4.79 Å². The van der Waals surface area contributed by atoms with Crippen molar-refractivity contribution in [2.45, 2.75) is 6.35 Å². The Labute approximate surface area is 79.4 Å². The van der Waals surface area contributed by atoms with Gasteiger partial charge in [-0.1, -0.05) is 0 Å². The van der Waals surface area contributed by atoms with Crippen LogP contribution >= 0.6 is 0 Å². The van der Waals surface area contributed by atoms with Crippen molar-refractivity contribution in [2.24, 2.45) is 4.99 Å². The van der Waals surface area contributed by atoms with Crippen molar-refractivity contribution < 1.29 is 4.74 Å². The Morgan fingerprint density at radius 3 is 3.14 bits per heavy atom. The molecule has 0 aliphatic carbocycles. The number of allylic oxidation sites excluding steroid dienone is 1. The lowest BCUT2D eigenvalue weighted by Gasteiger charge is -2.14.